The second-order valence-corrected chi connectivity index (χ2v) is 5.66. The fourth-order valence-electron chi connectivity index (χ4n) is 2.70. The summed E-state index contributed by atoms with van der Waals surface area (Å²) in [7, 11) is 0. The molecular weight excluding hydrogens is 298 g/mol. The van der Waals surface area contributed by atoms with Crippen molar-refractivity contribution in [2.75, 3.05) is 0 Å². The van der Waals surface area contributed by atoms with E-state index in [-0.39, 0.29) is 5.88 Å². The van der Waals surface area contributed by atoms with Crippen LogP contribution in [0.3, 0.4) is 0 Å². The maximum absolute atomic E-state index is 12.7. The van der Waals surface area contributed by atoms with Gasteiger partial charge < -0.3 is 5.11 Å². The molecule has 0 aliphatic carbocycles. The number of fused-ring (bicyclic) bond motifs is 3. The van der Waals surface area contributed by atoms with Crippen LogP contribution in [0.1, 0.15) is 5.56 Å². The van der Waals surface area contributed by atoms with Gasteiger partial charge in [-0.2, -0.15) is 0 Å². The predicted octanol–water partition coefficient (Wildman–Crippen LogP) is 2.80. The normalized spacial score (nSPS) is 11.4. The topological polar surface area (TPSA) is 45.0 Å². The van der Waals surface area contributed by atoms with Gasteiger partial charge >= 0.3 is 0 Å². The molecule has 4 aromatic rings. The molecule has 0 N–H and O–H groups in total. The number of rotatable bonds is 1. The van der Waals surface area contributed by atoms with Crippen LogP contribution in [-0.2, 0) is 0 Å². The van der Waals surface area contributed by atoms with E-state index in [2.05, 4.69) is 5.21 Å². The van der Waals surface area contributed by atoms with Gasteiger partial charge in [0.15, 0.2) is 16.7 Å². The van der Waals surface area contributed by atoms with Gasteiger partial charge in [-0.3, -0.25) is 0 Å². The van der Waals surface area contributed by atoms with E-state index in [4.69, 9.17) is 11.6 Å². The van der Waals surface area contributed by atoms with Gasteiger partial charge in [0, 0.05) is 10.4 Å². The van der Waals surface area contributed by atoms with Crippen molar-refractivity contribution in [1.82, 2.24) is 9.90 Å². The lowest BCUT2D eigenvalue weighted by Crippen LogP contribution is -2.26. The molecule has 0 aliphatic rings. The Morgan fingerprint density at radius 2 is 1.77 bits per heavy atom. The van der Waals surface area contributed by atoms with Crippen molar-refractivity contribution in [3.63, 3.8) is 0 Å². The fraction of sp³-hybridized carbons (Fsp3) is 0.0588. The highest BCUT2D eigenvalue weighted by atomic mass is 35.5. The number of nitrogens with zero attached hydrogens (tertiary/aromatic N) is 3. The summed E-state index contributed by atoms with van der Waals surface area (Å²) < 4.78 is 3.09. The van der Waals surface area contributed by atoms with Crippen molar-refractivity contribution in [2.45, 2.75) is 6.92 Å². The number of para-hydroxylation sites is 1. The van der Waals surface area contributed by atoms with Crippen molar-refractivity contribution in [1.29, 1.82) is 0 Å². The number of aromatic nitrogens is 3. The summed E-state index contributed by atoms with van der Waals surface area (Å²) >= 11 is 5.90. The smallest absolute Gasteiger partial charge is 0.191 e. The van der Waals surface area contributed by atoms with Crippen molar-refractivity contribution in [3.8, 4) is 11.6 Å². The fourth-order valence-corrected chi connectivity index (χ4v) is 2.83. The van der Waals surface area contributed by atoms with Gasteiger partial charge in [0.05, 0.1) is 0 Å². The zero-order valence-electron chi connectivity index (χ0n) is 11.8. The molecule has 0 unspecified atom stereocenters. The Morgan fingerprint density at radius 3 is 2.55 bits per heavy atom. The van der Waals surface area contributed by atoms with Crippen LogP contribution < -0.4 is 9.62 Å². The molecule has 0 aliphatic heterocycles. The summed E-state index contributed by atoms with van der Waals surface area (Å²) in [5.41, 5.74) is 3.23. The quantitative estimate of drug-likeness (QED) is 0.508. The molecule has 2 aromatic heterocycles. The van der Waals surface area contributed by atoms with Gasteiger partial charge in [0.1, 0.15) is 11.1 Å². The molecule has 5 heteroatoms. The molecule has 108 valence electrons. The molecule has 0 radical (unpaired) electrons. The first-order valence-corrected chi connectivity index (χ1v) is 7.29. The third-order valence-corrected chi connectivity index (χ3v) is 4.05. The number of pyridine rings is 1. The molecule has 4 nitrogen and oxygen atoms in total. The van der Waals surface area contributed by atoms with E-state index < -0.39 is 0 Å². The summed E-state index contributed by atoms with van der Waals surface area (Å²) in [6.45, 7) is 2.00. The van der Waals surface area contributed by atoms with E-state index in [1.54, 1.807) is 28.8 Å². The number of halogens is 1. The minimum absolute atomic E-state index is 0.142. The minimum atomic E-state index is -0.142. The number of aryl methyl sites for hydroxylation is 1. The third kappa shape index (κ3) is 1.84. The van der Waals surface area contributed by atoms with E-state index in [1.807, 2.05) is 37.3 Å². The van der Waals surface area contributed by atoms with Crippen LogP contribution in [-0.4, -0.2) is 9.90 Å². The van der Waals surface area contributed by atoms with Crippen LogP contribution in [0.15, 0.2) is 54.6 Å². The maximum atomic E-state index is 12.7. The molecule has 0 amide bonds. The lowest BCUT2D eigenvalue weighted by atomic mass is 10.1. The highest BCUT2D eigenvalue weighted by Gasteiger charge is 2.18. The Bertz CT molecular complexity index is 1010. The standard InChI is InChI=1S/C17H12ClN3O/c1-11-10-16-17(22)20(13-8-6-12(18)7-9-13)19-21(16)15-5-3-2-4-14(11)15/h2-10H,1H3. The maximum Gasteiger partial charge on any atom is 0.191 e. The molecule has 2 heterocycles. The van der Waals surface area contributed by atoms with Gasteiger partial charge in [-0.1, -0.05) is 34.3 Å². The van der Waals surface area contributed by atoms with Gasteiger partial charge in [-0.25, -0.2) is 0 Å². The van der Waals surface area contributed by atoms with E-state index in [1.165, 1.54) is 4.68 Å². The van der Waals surface area contributed by atoms with Crippen molar-refractivity contribution in [2.24, 2.45) is 0 Å². The zero-order valence-corrected chi connectivity index (χ0v) is 12.6. The second-order valence-electron chi connectivity index (χ2n) is 5.22. The zero-order chi connectivity index (χ0) is 15.3. The molecule has 0 saturated carbocycles. The molecule has 4 rings (SSSR count). The average molecular weight is 310 g/mol. The van der Waals surface area contributed by atoms with E-state index >= 15 is 0 Å². The van der Waals surface area contributed by atoms with E-state index in [0.29, 0.717) is 16.2 Å². The first kappa shape index (κ1) is 13.1. The van der Waals surface area contributed by atoms with Crippen LogP contribution in [0.5, 0.6) is 5.88 Å². The summed E-state index contributed by atoms with van der Waals surface area (Å²) in [5, 5.41) is 18.8. The number of hydrogen-bond acceptors (Lipinski definition) is 2. The number of benzene rings is 2. The van der Waals surface area contributed by atoms with Crippen LogP contribution in [0.4, 0.5) is 0 Å². The number of hydrogen-bond donors (Lipinski definition) is 0. The average Bonchev–Trinajstić information content (AvgIpc) is 2.86. The van der Waals surface area contributed by atoms with Crippen LogP contribution in [0, 0.1) is 6.92 Å². The van der Waals surface area contributed by atoms with Crippen molar-refractivity contribution < 1.29 is 9.62 Å². The molecule has 0 atom stereocenters. The lowest BCUT2D eigenvalue weighted by Gasteiger charge is -2.02. The summed E-state index contributed by atoms with van der Waals surface area (Å²) in [6, 6.07) is 16.9. The molecule has 0 bridgehead atoms. The van der Waals surface area contributed by atoms with Crippen molar-refractivity contribution >= 4 is 28.0 Å². The second kappa shape index (κ2) is 4.71. The highest BCUT2D eigenvalue weighted by Crippen LogP contribution is 2.23. The highest BCUT2D eigenvalue weighted by molar-refractivity contribution is 6.30. The first-order valence-electron chi connectivity index (χ1n) is 6.91. The van der Waals surface area contributed by atoms with E-state index in [9.17, 15) is 5.11 Å². The Kier molecular flexibility index (Phi) is 2.81. The molecule has 0 fully saturated rings. The molecular formula is C17H12ClN3O. The predicted molar refractivity (Wildman–Crippen MR) is 83.4 cm³/mol. The van der Waals surface area contributed by atoms with Crippen LogP contribution in [0.25, 0.3) is 22.1 Å². The first-order chi connectivity index (χ1) is 10.6. The van der Waals surface area contributed by atoms with Gasteiger partial charge in [-0.15, -0.1) is 4.68 Å². The molecule has 22 heavy (non-hydrogen) atoms. The van der Waals surface area contributed by atoms with Gasteiger partial charge in [0.25, 0.3) is 0 Å². The van der Waals surface area contributed by atoms with Crippen LogP contribution >= 0.6 is 11.6 Å². The summed E-state index contributed by atoms with van der Waals surface area (Å²) in [6.07, 6.45) is 0. The largest absolute Gasteiger partial charge is 0.837 e. The molecule has 0 spiro atoms. The summed E-state index contributed by atoms with van der Waals surface area (Å²) in [5.74, 6) is -0.142. The Morgan fingerprint density at radius 1 is 1.05 bits per heavy atom. The Hall–Kier alpha value is -2.59. The lowest BCUT2D eigenvalue weighted by molar-refractivity contribution is -0.556. The SMILES string of the molecule is Cc1cc2c([O-])n(-c3ccc(Cl)cc3)n[n+]2c2ccccc12. The minimum Gasteiger partial charge on any atom is -0.837 e. The van der Waals surface area contributed by atoms with E-state index in [0.717, 1.165) is 16.5 Å². The molecule has 0 saturated heterocycles. The van der Waals surface area contributed by atoms with Crippen molar-refractivity contribution in [3.05, 3.63) is 65.2 Å². The van der Waals surface area contributed by atoms with Crippen LogP contribution in [0.2, 0.25) is 5.02 Å². The third-order valence-electron chi connectivity index (χ3n) is 3.80. The molecule has 2 aromatic carbocycles. The Balaban J connectivity index is 2.08. The van der Waals surface area contributed by atoms with Gasteiger partial charge in [-0.05, 0) is 48.9 Å². The van der Waals surface area contributed by atoms with Gasteiger partial charge in [0.2, 0.25) is 0 Å². The summed E-state index contributed by atoms with van der Waals surface area (Å²) in [4.78, 5) is 0. The Labute approximate surface area is 131 Å². The monoisotopic (exact) mass is 309 g/mol.